The summed E-state index contributed by atoms with van der Waals surface area (Å²) in [6, 6.07) is 7.86. The third-order valence-electron chi connectivity index (χ3n) is 5.31. The van der Waals surface area contributed by atoms with Crippen LogP contribution in [-0.4, -0.2) is 76.6 Å². The molecule has 0 radical (unpaired) electrons. The Labute approximate surface area is 156 Å². The summed E-state index contributed by atoms with van der Waals surface area (Å²) in [5.74, 6) is -0.127. The first-order valence-electron chi connectivity index (χ1n) is 9.73. The molecule has 2 aliphatic heterocycles. The second kappa shape index (κ2) is 9.65. The Bertz CT molecular complexity index is 550. The fraction of sp³-hybridized carbons (Fsp3) is 0.700. The summed E-state index contributed by atoms with van der Waals surface area (Å²) in [6.45, 7) is 4.87. The Hall–Kier alpha value is -1.21. The summed E-state index contributed by atoms with van der Waals surface area (Å²) in [7, 11) is 4.11. The first-order valence-corrected chi connectivity index (χ1v) is 9.73. The van der Waals surface area contributed by atoms with Crippen LogP contribution in [0.2, 0.25) is 0 Å². The highest BCUT2D eigenvalue weighted by Crippen LogP contribution is 2.24. The standard InChI is InChI=1S/C20H32FN3O2/c1-23(2)12-14-26-20-15-25-13-9-18(20)22-16-7-10-24(11-8-16)19-6-4-3-5-17(19)21/h3-6,16,18,20,22H,7-15H2,1-2H3/t18-,20-/m1/s1. The lowest BCUT2D eigenvalue weighted by Crippen LogP contribution is -2.54. The van der Waals surface area contributed by atoms with E-state index >= 15 is 0 Å². The van der Waals surface area contributed by atoms with Crippen LogP contribution in [0.3, 0.4) is 0 Å². The molecule has 5 nitrogen and oxygen atoms in total. The van der Waals surface area contributed by atoms with Crippen LogP contribution in [0.1, 0.15) is 19.3 Å². The molecule has 3 rings (SSSR count). The number of rotatable bonds is 7. The van der Waals surface area contributed by atoms with Crippen molar-refractivity contribution in [3.8, 4) is 0 Å². The van der Waals surface area contributed by atoms with Crippen LogP contribution in [0.25, 0.3) is 0 Å². The molecule has 26 heavy (non-hydrogen) atoms. The molecule has 6 heteroatoms. The number of nitrogens with zero attached hydrogens (tertiary/aromatic N) is 2. The van der Waals surface area contributed by atoms with Crippen LogP contribution in [0.4, 0.5) is 10.1 Å². The van der Waals surface area contributed by atoms with Gasteiger partial charge in [-0.05, 0) is 45.5 Å². The van der Waals surface area contributed by atoms with Crippen molar-refractivity contribution in [2.24, 2.45) is 0 Å². The summed E-state index contributed by atoms with van der Waals surface area (Å²) in [4.78, 5) is 4.28. The van der Waals surface area contributed by atoms with Crippen molar-refractivity contribution < 1.29 is 13.9 Å². The van der Waals surface area contributed by atoms with Crippen molar-refractivity contribution >= 4 is 5.69 Å². The summed E-state index contributed by atoms with van der Waals surface area (Å²) in [6.07, 6.45) is 3.15. The molecule has 0 saturated carbocycles. The van der Waals surface area contributed by atoms with Gasteiger partial charge in [0, 0.05) is 38.3 Å². The van der Waals surface area contributed by atoms with Crippen molar-refractivity contribution in [3.63, 3.8) is 0 Å². The molecule has 0 aromatic heterocycles. The quantitative estimate of drug-likeness (QED) is 0.801. The molecule has 2 heterocycles. The molecule has 2 saturated heterocycles. The minimum absolute atomic E-state index is 0.119. The third-order valence-corrected chi connectivity index (χ3v) is 5.31. The van der Waals surface area contributed by atoms with Gasteiger partial charge < -0.3 is 24.6 Å². The van der Waals surface area contributed by atoms with Gasteiger partial charge in [-0.1, -0.05) is 12.1 Å². The van der Waals surface area contributed by atoms with Gasteiger partial charge in [-0.15, -0.1) is 0 Å². The fourth-order valence-corrected chi connectivity index (χ4v) is 3.75. The number of anilines is 1. The second-order valence-electron chi connectivity index (χ2n) is 7.56. The maximum atomic E-state index is 14.0. The number of ether oxygens (including phenoxy) is 2. The Balaban J connectivity index is 1.47. The Kier molecular flexibility index (Phi) is 7.25. The van der Waals surface area contributed by atoms with Crippen LogP contribution in [0, 0.1) is 5.82 Å². The molecule has 1 aromatic carbocycles. The average molecular weight is 365 g/mol. The minimum atomic E-state index is -0.127. The number of likely N-dealkylation sites (N-methyl/N-ethyl adjacent to an activating group) is 1. The van der Waals surface area contributed by atoms with Gasteiger partial charge in [-0.2, -0.15) is 0 Å². The number of hydrogen-bond donors (Lipinski definition) is 1. The van der Waals surface area contributed by atoms with E-state index in [9.17, 15) is 4.39 Å². The van der Waals surface area contributed by atoms with E-state index in [0.717, 1.165) is 57.8 Å². The average Bonchev–Trinajstić information content (AvgIpc) is 2.64. The Morgan fingerprint density at radius 2 is 2.00 bits per heavy atom. The molecular weight excluding hydrogens is 333 g/mol. The van der Waals surface area contributed by atoms with Crippen molar-refractivity contribution in [1.29, 1.82) is 0 Å². The summed E-state index contributed by atoms with van der Waals surface area (Å²) in [5.41, 5.74) is 0.724. The molecule has 0 amide bonds. The topological polar surface area (TPSA) is 37.0 Å². The molecule has 0 spiro atoms. The highest BCUT2D eigenvalue weighted by molar-refractivity contribution is 5.47. The maximum Gasteiger partial charge on any atom is 0.146 e. The van der Waals surface area contributed by atoms with E-state index in [1.807, 2.05) is 12.1 Å². The molecule has 2 atom stereocenters. The number of para-hydroxylation sites is 1. The van der Waals surface area contributed by atoms with Crippen LogP contribution in [0.15, 0.2) is 24.3 Å². The predicted molar refractivity (Wildman–Crippen MR) is 102 cm³/mol. The number of hydrogen-bond acceptors (Lipinski definition) is 5. The number of nitrogens with one attached hydrogen (secondary N) is 1. The van der Waals surface area contributed by atoms with Crippen molar-refractivity contribution in [1.82, 2.24) is 10.2 Å². The van der Waals surface area contributed by atoms with Gasteiger partial charge in [0.2, 0.25) is 0 Å². The van der Waals surface area contributed by atoms with E-state index < -0.39 is 0 Å². The van der Waals surface area contributed by atoms with E-state index in [2.05, 4.69) is 29.2 Å². The zero-order chi connectivity index (χ0) is 18.4. The molecule has 1 aromatic rings. The lowest BCUT2D eigenvalue weighted by atomic mass is 9.99. The summed E-state index contributed by atoms with van der Waals surface area (Å²) in [5, 5.41) is 3.79. The normalized spacial score (nSPS) is 25.0. The zero-order valence-corrected chi connectivity index (χ0v) is 16.0. The zero-order valence-electron chi connectivity index (χ0n) is 16.0. The molecular formula is C20H32FN3O2. The minimum Gasteiger partial charge on any atom is -0.379 e. The van der Waals surface area contributed by atoms with Crippen LogP contribution < -0.4 is 10.2 Å². The highest BCUT2D eigenvalue weighted by atomic mass is 19.1. The Morgan fingerprint density at radius 1 is 1.23 bits per heavy atom. The van der Waals surface area contributed by atoms with Crippen molar-refractivity contribution in [3.05, 3.63) is 30.1 Å². The highest BCUT2D eigenvalue weighted by Gasteiger charge is 2.30. The van der Waals surface area contributed by atoms with E-state index in [4.69, 9.17) is 9.47 Å². The first kappa shape index (κ1) is 19.5. The van der Waals surface area contributed by atoms with E-state index in [1.54, 1.807) is 6.07 Å². The Morgan fingerprint density at radius 3 is 2.73 bits per heavy atom. The third kappa shape index (κ3) is 5.39. The van der Waals surface area contributed by atoms with Crippen LogP contribution in [-0.2, 0) is 9.47 Å². The van der Waals surface area contributed by atoms with E-state index in [-0.39, 0.29) is 11.9 Å². The van der Waals surface area contributed by atoms with Gasteiger partial charge in [-0.3, -0.25) is 0 Å². The number of halogens is 1. The fourth-order valence-electron chi connectivity index (χ4n) is 3.75. The summed E-state index contributed by atoms with van der Waals surface area (Å²) >= 11 is 0. The van der Waals surface area contributed by atoms with Gasteiger partial charge >= 0.3 is 0 Å². The van der Waals surface area contributed by atoms with Gasteiger partial charge in [0.05, 0.1) is 25.0 Å². The monoisotopic (exact) mass is 365 g/mol. The second-order valence-corrected chi connectivity index (χ2v) is 7.56. The van der Waals surface area contributed by atoms with Gasteiger partial charge in [0.1, 0.15) is 5.82 Å². The molecule has 1 N–H and O–H groups in total. The molecule has 2 fully saturated rings. The predicted octanol–water partition coefficient (Wildman–Crippen LogP) is 2.12. The number of piperidine rings is 1. The van der Waals surface area contributed by atoms with E-state index in [1.165, 1.54) is 6.07 Å². The molecule has 146 valence electrons. The lowest BCUT2D eigenvalue weighted by Gasteiger charge is -2.39. The number of benzene rings is 1. The molecule has 0 unspecified atom stereocenters. The van der Waals surface area contributed by atoms with Crippen LogP contribution in [0.5, 0.6) is 0 Å². The largest absolute Gasteiger partial charge is 0.379 e. The van der Waals surface area contributed by atoms with Gasteiger partial charge in [0.25, 0.3) is 0 Å². The molecule has 0 bridgehead atoms. The maximum absolute atomic E-state index is 14.0. The molecule has 2 aliphatic rings. The van der Waals surface area contributed by atoms with Gasteiger partial charge in [0.15, 0.2) is 0 Å². The first-order chi connectivity index (χ1) is 12.6. The SMILES string of the molecule is CN(C)CCO[C@@H]1COCC[C@H]1NC1CCN(c2ccccc2F)CC1. The van der Waals surface area contributed by atoms with E-state index in [0.29, 0.717) is 18.7 Å². The van der Waals surface area contributed by atoms with Crippen LogP contribution >= 0.6 is 0 Å². The molecule has 0 aliphatic carbocycles. The lowest BCUT2D eigenvalue weighted by molar-refractivity contribution is -0.0734. The van der Waals surface area contributed by atoms with Gasteiger partial charge in [-0.25, -0.2) is 4.39 Å². The van der Waals surface area contributed by atoms with Crippen molar-refractivity contribution in [2.75, 3.05) is 58.5 Å². The van der Waals surface area contributed by atoms with Crippen molar-refractivity contribution in [2.45, 2.75) is 37.5 Å². The summed E-state index contributed by atoms with van der Waals surface area (Å²) < 4.78 is 25.7. The smallest absolute Gasteiger partial charge is 0.146 e.